The summed E-state index contributed by atoms with van der Waals surface area (Å²) in [6, 6.07) is 3.97. The molecule has 0 aromatic carbocycles. The second kappa shape index (κ2) is 7.40. The van der Waals surface area contributed by atoms with E-state index in [2.05, 4.69) is 38.5 Å². The Labute approximate surface area is 173 Å². The Balaban J connectivity index is 1.42. The number of fused-ring (bicyclic) bond motifs is 3. The van der Waals surface area contributed by atoms with E-state index >= 15 is 0 Å². The molecule has 0 amide bonds. The van der Waals surface area contributed by atoms with E-state index in [4.69, 9.17) is 10.7 Å². The molecule has 5 heterocycles. The third-order valence-electron chi connectivity index (χ3n) is 5.79. The van der Waals surface area contributed by atoms with Gasteiger partial charge in [-0.15, -0.1) is 11.3 Å². The Morgan fingerprint density at radius 3 is 2.72 bits per heavy atom. The zero-order chi connectivity index (χ0) is 20.0. The molecule has 9 heteroatoms. The Morgan fingerprint density at radius 1 is 1.14 bits per heavy atom. The van der Waals surface area contributed by atoms with Crippen molar-refractivity contribution in [3.63, 3.8) is 0 Å². The number of likely N-dealkylation sites (N-methyl/N-ethyl adjacent to an activating group) is 1. The summed E-state index contributed by atoms with van der Waals surface area (Å²) in [5.74, 6) is 1.57. The highest BCUT2D eigenvalue weighted by Gasteiger charge is 2.19. The van der Waals surface area contributed by atoms with Crippen LogP contribution in [-0.4, -0.2) is 73.9 Å². The van der Waals surface area contributed by atoms with Crippen LogP contribution in [0, 0.1) is 0 Å². The molecule has 1 saturated heterocycles. The van der Waals surface area contributed by atoms with Crippen molar-refractivity contribution in [2.45, 2.75) is 12.8 Å². The van der Waals surface area contributed by atoms with E-state index in [9.17, 15) is 0 Å². The number of aromatic nitrogens is 5. The third-order valence-corrected chi connectivity index (χ3v) is 6.91. The molecule has 0 atom stereocenters. The van der Waals surface area contributed by atoms with E-state index in [0.717, 1.165) is 77.6 Å². The van der Waals surface area contributed by atoms with E-state index in [0.29, 0.717) is 5.82 Å². The number of nitrogens with two attached hydrogens (primary N) is 1. The smallest absolute Gasteiger partial charge is 0.152 e. The highest BCUT2D eigenvalue weighted by atomic mass is 32.1. The van der Waals surface area contributed by atoms with Crippen molar-refractivity contribution in [2.75, 3.05) is 45.5 Å². The van der Waals surface area contributed by atoms with Gasteiger partial charge in [-0.2, -0.15) is 5.10 Å². The zero-order valence-electron chi connectivity index (χ0n) is 16.9. The van der Waals surface area contributed by atoms with Gasteiger partial charge in [0.1, 0.15) is 16.3 Å². The molecular weight excluding hydrogens is 384 g/mol. The van der Waals surface area contributed by atoms with E-state index < -0.39 is 0 Å². The maximum atomic E-state index is 6.27. The van der Waals surface area contributed by atoms with Crippen LogP contribution in [-0.2, 0) is 13.5 Å². The van der Waals surface area contributed by atoms with Gasteiger partial charge < -0.3 is 20.1 Å². The summed E-state index contributed by atoms with van der Waals surface area (Å²) in [5.41, 5.74) is 9.06. The first-order valence-electron chi connectivity index (χ1n) is 10.1. The quantitative estimate of drug-likeness (QED) is 0.543. The second-order valence-corrected chi connectivity index (χ2v) is 8.81. The van der Waals surface area contributed by atoms with E-state index in [-0.39, 0.29) is 0 Å². The van der Waals surface area contributed by atoms with Crippen LogP contribution in [0.25, 0.3) is 26.3 Å². The fraction of sp³-hybridized carbons (Fsp3) is 0.450. The van der Waals surface area contributed by atoms with Gasteiger partial charge in [-0.3, -0.25) is 0 Å². The van der Waals surface area contributed by atoms with Gasteiger partial charge in [0, 0.05) is 58.1 Å². The van der Waals surface area contributed by atoms with Gasteiger partial charge in [0.15, 0.2) is 5.82 Å². The number of imidazole rings is 1. The summed E-state index contributed by atoms with van der Waals surface area (Å²) in [6.45, 7) is 5.74. The lowest BCUT2D eigenvalue weighted by molar-refractivity contribution is 0.153. The number of nitrogen functional groups attached to an aromatic ring is 1. The van der Waals surface area contributed by atoms with Gasteiger partial charge in [0.25, 0.3) is 0 Å². The van der Waals surface area contributed by atoms with Crippen LogP contribution in [0.5, 0.6) is 0 Å². The molecule has 1 aliphatic rings. The number of hydrogen-bond acceptors (Lipinski definition) is 7. The Bertz CT molecular complexity index is 1130. The Hall–Kier alpha value is -2.49. The fourth-order valence-electron chi connectivity index (χ4n) is 4.06. The van der Waals surface area contributed by atoms with Gasteiger partial charge in [-0.25, -0.2) is 14.6 Å². The highest BCUT2D eigenvalue weighted by Crippen LogP contribution is 2.35. The van der Waals surface area contributed by atoms with Crippen LogP contribution in [0.4, 0.5) is 5.82 Å². The molecule has 4 aromatic rings. The molecule has 0 aliphatic carbocycles. The molecule has 152 valence electrons. The topological polar surface area (TPSA) is 81.0 Å². The SMILES string of the molecule is CN1CCN(CCCc2nc3c(N)nc4cc(-n5cccn5)sc4c3n2C)CC1. The molecule has 8 nitrogen and oxygen atoms in total. The summed E-state index contributed by atoms with van der Waals surface area (Å²) in [5, 5.41) is 5.37. The van der Waals surface area contributed by atoms with Crippen molar-refractivity contribution < 1.29 is 0 Å². The number of rotatable bonds is 5. The number of nitrogens with zero attached hydrogens (tertiary/aromatic N) is 7. The number of hydrogen-bond donors (Lipinski definition) is 1. The predicted molar refractivity (Wildman–Crippen MR) is 118 cm³/mol. The molecule has 0 unspecified atom stereocenters. The van der Waals surface area contributed by atoms with E-state index in [1.54, 1.807) is 17.5 Å². The largest absolute Gasteiger partial charge is 0.382 e. The van der Waals surface area contributed by atoms with Crippen LogP contribution in [0.1, 0.15) is 12.2 Å². The number of anilines is 1. The first-order chi connectivity index (χ1) is 14.1. The maximum Gasteiger partial charge on any atom is 0.152 e. The van der Waals surface area contributed by atoms with Crippen LogP contribution in [0.3, 0.4) is 0 Å². The van der Waals surface area contributed by atoms with Crippen LogP contribution < -0.4 is 5.73 Å². The molecule has 5 rings (SSSR count). The summed E-state index contributed by atoms with van der Waals surface area (Å²) < 4.78 is 5.17. The lowest BCUT2D eigenvalue weighted by atomic mass is 10.2. The average molecular weight is 411 g/mol. The molecule has 2 N–H and O–H groups in total. The van der Waals surface area contributed by atoms with Crippen molar-refractivity contribution in [1.29, 1.82) is 0 Å². The summed E-state index contributed by atoms with van der Waals surface area (Å²) in [4.78, 5) is 14.4. The minimum absolute atomic E-state index is 0.498. The lowest BCUT2D eigenvalue weighted by Crippen LogP contribution is -2.44. The van der Waals surface area contributed by atoms with Crippen LogP contribution in [0.2, 0.25) is 0 Å². The van der Waals surface area contributed by atoms with Crippen molar-refractivity contribution in [2.24, 2.45) is 7.05 Å². The lowest BCUT2D eigenvalue weighted by Gasteiger charge is -2.32. The monoisotopic (exact) mass is 410 g/mol. The molecule has 1 fully saturated rings. The first-order valence-corrected chi connectivity index (χ1v) is 10.9. The molecule has 0 saturated carbocycles. The Morgan fingerprint density at radius 2 is 1.97 bits per heavy atom. The van der Waals surface area contributed by atoms with Gasteiger partial charge >= 0.3 is 0 Å². The Kier molecular flexibility index (Phi) is 4.73. The third kappa shape index (κ3) is 3.39. The number of thiophene rings is 1. The summed E-state index contributed by atoms with van der Waals surface area (Å²) >= 11 is 1.68. The van der Waals surface area contributed by atoms with Gasteiger partial charge in [0.2, 0.25) is 0 Å². The molecule has 1 aliphatic heterocycles. The predicted octanol–water partition coefficient (Wildman–Crippen LogP) is 2.13. The van der Waals surface area contributed by atoms with Gasteiger partial charge in [-0.1, -0.05) is 0 Å². The first kappa shape index (κ1) is 18.5. The molecular formula is C20H26N8S. The molecule has 4 aromatic heterocycles. The van der Waals surface area contributed by atoms with Crippen molar-refractivity contribution >= 4 is 38.4 Å². The van der Waals surface area contributed by atoms with Gasteiger partial charge in [0.05, 0.1) is 15.7 Å². The summed E-state index contributed by atoms with van der Waals surface area (Å²) in [7, 11) is 4.28. The highest BCUT2D eigenvalue weighted by molar-refractivity contribution is 7.22. The van der Waals surface area contributed by atoms with Crippen LogP contribution >= 0.6 is 11.3 Å². The maximum absolute atomic E-state index is 6.27. The normalized spacial score (nSPS) is 16.3. The molecule has 29 heavy (non-hydrogen) atoms. The average Bonchev–Trinajstić information content (AvgIpc) is 3.43. The summed E-state index contributed by atoms with van der Waals surface area (Å²) in [6.07, 6.45) is 5.76. The van der Waals surface area contributed by atoms with E-state index in [1.807, 2.05) is 23.0 Å². The minimum atomic E-state index is 0.498. The van der Waals surface area contributed by atoms with Crippen molar-refractivity contribution in [3.8, 4) is 5.00 Å². The second-order valence-electron chi connectivity index (χ2n) is 7.78. The fourth-order valence-corrected chi connectivity index (χ4v) is 5.18. The van der Waals surface area contributed by atoms with Crippen molar-refractivity contribution in [3.05, 3.63) is 30.4 Å². The zero-order valence-corrected chi connectivity index (χ0v) is 17.7. The number of piperazine rings is 1. The van der Waals surface area contributed by atoms with Gasteiger partial charge in [-0.05, 0) is 26.1 Å². The minimum Gasteiger partial charge on any atom is -0.382 e. The number of pyridine rings is 1. The standard InChI is InChI=1S/C20H26N8S/c1-25-9-11-27(12-10-25)7-3-5-15-24-17-18(26(15)2)19-14(23-20(17)21)13-16(29-19)28-8-4-6-22-28/h4,6,8,13H,3,5,7,9-12H2,1-2H3,(H2,21,23). The van der Waals surface area contributed by atoms with Crippen molar-refractivity contribution in [1.82, 2.24) is 34.1 Å². The van der Waals surface area contributed by atoms with Crippen LogP contribution in [0.15, 0.2) is 24.5 Å². The molecule has 0 spiro atoms. The van der Waals surface area contributed by atoms with E-state index in [1.165, 1.54) is 0 Å². The molecule has 0 radical (unpaired) electrons. The number of aryl methyl sites for hydroxylation is 2. The molecule has 0 bridgehead atoms.